The molecule has 0 aliphatic rings. The van der Waals surface area contributed by atoms with E-state index >= 15 is 0 Å². The highest BCUT2D eigenvalue weighted by molar-refractivity contribution is 7.10. The van der Waals surface area contributed by atoms with Gasteiger partial charge in [0.2, 0.25) is 0 Å². The van der Waals surface area contributed by atoms with Gasteiger partial charge in [-0.3, -0.25) is 14.2 Å². The summed E-state index contributed by atoms with van der Waals surface area (Å²) in [5, 5.41) is 4.95. The van der Waals surface area contributed by atoms with E-state index in [1.807, 2.05) is 31.3 Å². The Labute approximate surface area is 173 Å². The number of aryl methyl sites for hydroxylation is 2. The molecule has 0 aliphatic carbocycles. The van der Waals surface area contributed by atoms with Crippen molar-refractivity contribution in [3.05, 3.63) is 85.7 Å². The molecule has 1 unspecified atom stereocenters. The third-order valence-corrected chi connectivity index (χ3v) is 6.04. The third kappa shape index (κ3) is 4.46. The molecule has 1 amide bonds. The van der Waals surface area contributed by atoms with Gasteiger partial charge >= 0.3 is 0 Å². The quantitative estimate of drug-likeness (QED) is 0.671. The van der Waals surface area contributed by atoms with Crippen molar-refractivity contribution >= 4 is 17.2 Å². The standard InChI is InChI=1S/C22H24FN3O2S/c1-14-9-11-26(17-7-5-16(23)6-8-17)22(28)19(14)21(27)24-13-18(25(3)4)20-15(2)10-12-29-20/h5-12,18H,13H2,1-4H3,(H,24,27). The lowest BCUT2D eigenvalue weighted by Crippen LogP contribution is -2.38. The van der Waals surface area contributed by atoms with Crippen LogP contribution in [0.4, 0.5) is 4.39 Å². The van der Waals surface area contributed by atoms with E-state index < -0.39 is 11.5 Å². The lowest BCUT2D eigenvalue weighted by molar-refractivity contribution is 0.0939. The number of hydrogen-bond acceptors (Lipinski definition) is 4. The van der Waals surface area contributed by atoms with Gasteiger partial charge in [-0.05, 0) is 80.8 Å². The SMILES string of the molecule is Cc1ccsc1C(CNC(=O)c1c(C)ccn(-c2ccc(F)cc2)c1=O)N(C)C. The second kappa shape index (κ2) is 8.71. The summed E-state index contributed by atoms with van der Waals surface area (Å²) in [6, 6.07) is 9.37. The Hall–Kier alpha value is -2.77. The van der Waals surface area contributed by atoms with Gasteiger partial charge in [-0.15, -0.1) is 11.3 Å². The number of halogens is 1. The molecule has 7 heteroatoms. The Balaban J connectivity index is 1.87. The molecule has 1 aromatic carbocycles. The molecule has 0 saturated heterocycles. The van der Waals surface area contributed by atoms with E-state index in [4.69, 9.17) is 0 Å². The number of carbonyl (C=O) groups is 1. The molecule has 1 N–H and O–H groups in total. The van der Waals surface area contributed by atoms with Crippen LogP contribution >= 0.6 is 11.3 Å². The zero-order valence-corrected chi connectivity index (χ0v) is 17.7. The van der Waals surface area contributed by atoms with E-state index in [1.54, 1.807) is 30.5 Å². The second-order valence-corrected chi connectivity index (χ2v) is 8.13. The molecule has 0 spiro atoms. The van der Waals surface area contributed by atoms with Crippen molar-refractivity contribution in [1.29, 1.82) is 0 Å². The zero-order chi connectivity index (χ0) is 21.1. The van der Waals surface area contributed by atoms with Crippen LogP contribution in [-0.2, 0) is 0 Å². The van der Waals surface area contributed by atoms with Gasteiger partial charge < -0.3 is 10.2 Å². The highest BCUT2D eigenvalue weighted by Gasteiger charge is 2.21. The number of pyridine rings is 1. The number of likely N-dealkylation sites (N-methyl/N-ethyl adjacent to an activating group) is 1. The largest absolute Gasteiger partial charge is 0.350 e. The van der Waals surface area contributed by atoms with Crippen LogP contribution in [0.1, 0.15) is 32.4 Å². The fourth-order valence-corrected chi connectivity index (χ4v) is 4.35. The van der Waals surface area contributed by atoms with Crippen LogP contribution in [0.15, 0.2) is 52.8 Å². The number of hydrogen-bond donors (Lipinski definition) is 1. The van der Waals surface area contributed by atoms with Gasteiger partial charge in [-0.1, -0.05) is 0 Å². The van der Waals surface area contributed by atoms with Gasteiger partial charge in [0.05, 0.1) is 6.04 Å². The molecule has 0 aliphatic heterocycles. The zero-order valence-electron chi connectivity index (χ0n) is 16.9. The fourth-order valence-electron chi connectivity index (χ4n) is 3.22. The molecule has 3 aromatic rings. The summed E-state index contributed by atoms with van der Waals surface area (Å²) >= 11 is 1.65. The maximum atomic E-state index is 13.2. The summed E-state index contributed by atoms with van der Waals surface area (Å²) in [6.07, 6.45) is 1.60. The molecular weight excluding hydrogens is 389 g/mol. The first-order valence-electron chi connectivity index (χ1n) is 9.26. The summed E-state index contributed by atoms with van der Waals surface area (Å²) in [7, 11) is 3.93. The van der Waals surface area contributed by atoms with Crippen molar-refractivity contribution in [1.82, 2.24) is 14.8 Å². The number of nitrogens with zero attached hydrogens (tertiary/aromatic N) is 2. The Morgan fingerprint density at radius 3 is 2.41 bits per heavy atom. The Morgan fingerprint density at radius 2 is 1.83 bits per heavy atom. The van der Waals surface area contributed by atoms with E-state index in [-0.39, 0.29) is 17.4 Å². The van der Waals surface area contributed by atoms with Gasteiger partial charge in [0.15, 0.2) is 0 Å². The molecule has 0 fully saturated rings. The minimum atomic E-state index is -0.428. The monoisotopic (exact) mass is 413 g/mol. The van der Waals surface area contributed by atoms with Crippen LogP contribution < -0.4 is 10.9 Å². The highest BCUT2D eigenvalue weighted by Crippen LogP contribution is 2.26. The first kappa shape index (κ1) is 21.0. The van der Waals surface area contributed by atoms with Crippen molar-refractivity contribution < 1.29 is 9.18 Å². The first-order chi connectivity index (χ1) is 13.8. The summed E-state index contributed by atoms with van der Waals surface area (Å²) in [4.78, 5) is 29.1. The lowest BCUT2D eigenvalue weighted by atomic mass is 10.1. The van der Waals surface area contributed by atoms with Crippen molar-refractivity contribution in [2.75, 3.05) is 20.6 Å². The summed E-state index contributed by atoms with van der Waals surface area (Å²) < 4.78 is 14.6. The summed E-state index contributed by atoms with van der Waals surface area (Å²) in [5.41, 5.74) is 1.95. The number of carbonyl (C=O) groups excluding carboxylic acids is 1. The molecule has 0 bridgehead atoms. The number of thiophene rings is 1. The average Bonchev–Trinajstić information content (AvgIpc) is 3.08. The Morgan fingerprint density at radius 1 is 1.14 bits per heavy atom. The summed E-state index contributed by atoms with van der Waals surface area (Å²) in [5.74, 6) is -0.796. The van der Waals surface area contributed by atoms with Crippen molar-refractivity contribution in [3.63, 3.8) is 0 Å². The molecular formula is C22H24FN3O2S. The van der Waals surface area contributed by atoms with Crippen molar-refractivity contribution in [2.24, 2.45) is 0 Å². The van der Waals surface area contributed by atoms with E-state index in [1.165, 1.54) is 39.3 Å². The highest BCUT2D eigenvalue weighted by atomic mass is 32.1. The number of rotatable bonds is 6. The molecule has 1 atom stereocenters. The van der Waals surface area contributed by atoms with Crippen LogP contribution in [0.5, 0.6) is 0 Å². The molecule has 0 radical (unpaired) electrons. The Kier molecular flexibility index (Phi) is 6.30. The third-order valence-electron chi connectivity index (χ3n) is 4.92. The fraction of sp³-hybridized carbons (Fsp3) is 0.273. The number of benzene rings is 1. The van der Waals surface area contributed by atoms with Gasteiger partial charge in [0, 0.05) is 23.3 Å². The maximum absolute atomic E-state index is 13.2. The molecule has 152 valence electrons. The second-order valence-electron chi connectivity index (χ2n) is 7.18. The van der Waals surface area contributed by atoms with Gasteiger partial charge in [0.25, 0.3) is 11.5 Å². The van der Waals surface area contributed by atoms with Crippen LogP contribution in [0.3, 0.4) is 0 Å². The Bertz CT molecular complexity index is 1070. The van der Waals surface area contributed by atoms with Crippen LogP contribution in [-0.4, -0.2) is 36.0 Å². The van der Waals surface area contributed by atoms with Crippen LogP contribution in [0.2, 0.25) is 0 Å². The lowest BCUT2D eigenvalue weighted by Gasteiger charge is -2.24. The number of aromatic nitrogens is 1. The average molecular weight is 414 g/mol. The van der Waals surface area contributed by atoms with Crippen LogP contribution in [0.25, 0.3) is 5.69 Å². The minimum absolute atomic E-state index is 0.0160. The van der Waals surface area contributed by atoms with E-state index in [9.17, 15) is 14.0 Å². The van der Waals surface area contributed by atoms with E-state index in [2.05, 4.69) is 11.4 Å². The van der Waals surface area contributed by atoms with E-state index in [0.29, 0.717) is 17.8 Å². The summed E-state index contributed by atoms with van der Waals surface area (Å²) in [6.45, 7) is 4.17. The first-order valence-corrected chi connectivity index (χ1v) is 10.1. The van der Waals surface area contributed by atoms with Gasteiger partial charge in [-0.2, -0.15) is 0 Å². The molecule has 2 aromatic heterocycles. The molecule has 3 rings (SSSR count). The minimum Gasteiger partial charge on any atom is -0.350 e. The van der Waals surface area contributed by atoms with Gasteiger partial charge in [0.1, 0.15) is 11.4 Å². The normalized spacial score (nSPS) is 12.2. The van der Waals surface area contributed by atoms with Crippen molar-refractivity contribution in [3.8, 4) is 5.69 Å². The topological polar surface area (TPSA) is 54.3 Å². The van der Waals surface area contributed by atoms with Crippen molar-refractivity contribution in [2.45, 2.75) is 19.9 Å². The molecule has 5 nitrogen and oxygen atoms in total. The van der Waals surface area contributed by atoms with Gasteiger partial charge in [-0.25, -0.2) is 4.39 Å². The van der Waals surface area contributed by atoms with E-state index in [0.717, 1.165) is 0 Å². The predicted octanol–water partition coefficient (Wildman–Crippen LogP) is 3.69. The number of nitrogens with one attached hydrogen (secondary N) is 1. The molecule has 0 saturated carbocycles. The number of amides is 1. The molecule has 29 heavy (non-hydrogen) atoms. The van der Waals surface area contributed by atoms with Crippen LogP contribution in [0, 0.1) is 19.7 Å². The predicted molar refractivity (Wildman–Crippen MR) is 115 cm³/mol. The maximum Gasteiger partial charge on any atom is 0.268 e. The smallest absolute Gasteiger partial charge is 0.268 e. The molecule has 2 heterocycles.